The van der Waals surface area contributed by atoms with Crippen LogP contribution in [0.3, 0.4) is 0 Å². The minimum absolute atomic E-state index is 0.494. The highest BCUT2D eigenvalue weighted by molar-refractivity contribution is 5.91. The van der Waals surface area contributed by atoms with Gasteiger partial charge < -0.3 is 4.98 Å². The van der Waals surface area contributed by atoms with Crippen molar-refractivity contribution in [3.8, 4) is 0 Å². The molecule has 1 N–H and O–H groups in total. The molecule has 0 spiro atoms. The Morgan fingerprint density at radius 2 is 1.94 bits per heavy atom. The van der Waals surface area contributed by atoms with Crippen molar-refractivity contribution < 1.29 is 0 Å². The van der Waals surface area contributed by atoms with Gasteiger partial charge in [-0.3, -0.25) is 0 Å². The zero-order chi connectivity index (χ0) is 11.1. The van der Waals surface area contributed by atoms with Gasteiger partial charge >= 0.3 is 0 Å². The van der Waals surface area contributed by atoms with Gasteiger partial charge in [0.2, 0.25) is 0 Å². The van der Waals surface area contributed by atoms with Gasteiger partial charge in [0.15, 0.2) is 0 Å². The van der Waals surface area contributed by atoms with Crippen molar-refractivity contribution in [2.45, 2.75) is 19.8 Å². The molecular formula is C15H15N. The summed E-state index contributed by atoms with van der Waals surface area (Å²) in [6.07, 6.45) is 4.32. The van der Waals surface area contributed by atoms with Crippen molar-refractivity contribution >= 4 is 11.6 Å². The number of benzene rings is 1. The summed E-state index contributed by atoms with van der Waals surface area (Å²) in [6, 6.07) is 10.8. The number of aromatic nitrogens is 1. The van der Waals surface area contributed by atoms with Crippen molar-refractivity contribution in [3.63, 3.8) is 0 Å². The van der Waals surface area contributed by atoms with Crippen LogP contribution in [0.4, 0.5) is 0 Å². The highest BCUT2D eigenvalue weighted by Gasteiger charge is 2.23. The maximum atomic E-state index is 3.34. The maximum Gasteiger partial charge on any atom is 0.0448 e. The average Bonchev–Trinajstić information content (AvgIpc) is 2.84. The lowest BCUT2D eigenvalue weighted by molar-refractivity contribution is 0.997. The molecule has 0 fully saturated rings. The number of allylic oxidation sites excluding steroid dienone is 1. The molecule has 1 nitrogen and oxygen atoms in total. The predicted molar refractivity (Wildman–Crippen MR) is 68.3 cm³/mol. The fourth-order valence-electron chi connectivity index (χ4n) is 2.54. The molecule has 0 radical (unpaired) electrons. The van der Waals surface area contributed by atoms with Crippen LogP contribution >= 0.6 is 0 Å². The van der Waals surface area contributed by atoms with E-state index in [4.69, 9.17) is 0 Å². The molecule has 1 atom stereocenters. The van der Waals surface area contributed by atoms with Crippen LogP contribution in [0.1, 0.15) is 35.2 Å². The number of rotatable bonds is 1. The van der Waals surface area contributed by atoms with E-state index in [-0.39, 0.29) is 0 Å². The first-order valence-corrected chi connectivity index (χ1v) is 5.72. The molecular weight excluding hydrogens is 194 g/mol. The monoisotopic (exact) mass is 209 g/mol. The lowest BCUT2D eigenvalue weighted by Crippen LogP contribution is -1.94. The lowest BCUT2D eigenvalue weighted by atomic mass is 9.95. The molecule has 0 saturated heterocycles. The second-order valence-corrected chi connectivity index (χ2v) is 4.49. The van der Waals surface area contributed by atoms with Crippen molar-refractivity contribution in [1.29, 1.82) is 0 Å². The van der Waals surface area contributed by atoms with E-state index in [2.05, 4.69) is 55.2 Å². The molecule has 2 aromatic rings. The molecule has 1 heteroatoms. The largest absolute Gasteiger partial charge is 0.361 e. The Bertz CT molecular complexity index is 560. The van der Waals surface area contributed by atoms with Crippen molar-refractivity contribution in [3.05, 3.63) is 58.9 Å². The van der Waals surface area contributed by atoms with Gasteiger partial charge in [-0.25, -0.2) is 0 Å². The Kier molecular flexibility index (Phi) is 2.00. The SMILES string of the molecule is Cc1cc[nH]c1C1=Cc2ccccc2C1C. The molecule has 1 aliphatic carbocycles. The van der Waals surface area contributed by atoms with E-state index in [0.717, 1.165) is 0 Å². The highest BCUT2D eigenvalue weighted by atomic mass is 14.7. The lowest BCUT2D eigenvalue weighted by Gasteiger charge is -2.10. The molecule has 0 saturated carbocycles. The van der Waals surface area contributed by atoms with Gasteiger partial charge in [-0.2, -0.15) is 0 Å². The first-order valence-electron chi connectivity index (χ1n) is 5.72. The summed E-state index contributed by atoms with van der Waals surface area (Å²) in [6.45, 7) is 4.43. The summed E-state index contributed by atoms with van der Waals surface area (Å²) >= 11 is 0. The third kappa shape index (κ3) is 1.25. The number of hydrogen-bond donors (Lipinski definition) is 1. The number of aryl methyl sites for hydroxylation is 1. The van der Waals surface area contributed by atoms with Gasteiger partial charge in [-0.1, -0.05) is 31.2 Å². The van der Waals surface area contributed by atoms with E-state index in [0.29, 0.717) is 5.92 Å². The molecule has 1 unspecified atom stereocenters. The van der Waals surface area contributed by atoms with Crippen LogP contribution in [0.2, 0.25) is 0 Å². The summed E-state index contributed by atoms with van der Waals surface area (Å²) in [5.41, 5.74) is 6.81. The van der Waals surface area contributed by atoms with Crippen LogP contribution in [-0.4, -0.2) is 4.98 Å². The van der Waals surface area contributed by atoms with E-state index < -0.39 is 0 Å². The van der Waals surface area contributed by atoms with E-state index in [1.165, 1.54) is 28.0 Å². The number of hydrogen-bond acceptors (Lipinski definition) is 0. The molecule has 1 aromatic carbocycles. The normalized spacial score (nSPS) is 18.4. The van der Waals surface area contributed by atoms with Gasteiger partial charge in [0.25, 0.3) is 0 Å². The Morgan fingerprint density at radius 3 is 2.62 bits per heavy atom. The van der Waals surface area contributed by atoms with Crippen LogP contribution in [0.5, 0.6) is 0 Å². The zero-order valence-corrected chi connectivity index (χ0v) is 9.62. The third-order valence-electron chi connectivity index (χ3n) is 3.48. The predicted octanol–water partition coefficient (Wildman–Crippen LogP) is 3.98. The fraction of sp³-hybridized carbons (Fsp3) is 0.200. The molecule has 80 valence electrons. The second-order valence-electron chi connectivity index (χ2n) is 4.49. The Hall–Kier alpha value is -1.76. The minimum Gasteiger partial charge on any atom is -0.361 e. The maximum absolute atomic E-state index is 3.34. The minimum atomic E-state index is 0.494. The van der Waals surface area contributed by atoms with E-state index in [9.17, 15) is 0 Å². The van der Waals surface area contributed by atoms with Crippen LogP contribution in [0.25, 0.3) is 11.6 Å². The number of fused-ring (bicyclic) bond motifs is 1. The average molecular weight is 209 g/mol. The fourth-order valence-corrected chi connectivity index (χ4v) is 2.54. The molecule has 1 heterocycles. The Morgan fingerprint density at radius 1 is 1.12 bits per heavy atom. The third-order valence-corrected chi connectivity index (χ3v) is 3.48. The summed E-state index contributed by atoms with van der Waals surface area (Å²) in [4.78, 5) is 3.34. The molecule has 0 aliphatic heterocycles. The van der Waals surface area contributed by atoms with Crippen molar-refractivity contribution in [1.82, 2.24) is 4.98 Å². The van der Waals surface area contributed by atoms with Crippen LogP contribution < -0.4 is 0 Å². The number of aromatic amines is 1. The van der Waals surface area contributed by atoms with Crippen molar-refractivity contribution in [2.75, 3.05) is 0 Å². The van der Waals surface area contributed by atoms with E-state index in [1.54, 1.807) is 0 Å². The van der Waals surface area contributed by atoms with E-state index in [1.807, 2.05) is 6.20 Å². The standard InChI is InChI=1S/C15H15N/c1-10-7-8-16-15(10)14-9-12-5-3-4-6-13(12)11(14)2/h3-9,11,16H,1-2H3. The van der Waals surface area contributed by atoms with Gasteiger partial charge in [0.1, 0.15) is 0 Å². The highest BCUT2D eigenvalue weighted by Crippen LogP contribution is 2.41. The summed E-state index contributed by atoms with van der Waals surface area (Å²) < 4.78 is 0. The molecule has 1 aromatic heterocycles. The molecule has 1 aliphatic rings. The molecule has 3 rings (SSSR count). The zero-order valence-electron chi connectivity index (χ0n) is 9.62. The smallest absolute Gasteiger partial charge is 0.0448 e. The molecule has 16 heavy (non-hydrogen) atoms. The van der Waals surface area contributed by atoms with Gasteiger partial charge in [-0.05, 0) is 41.3 Å². The Labute approximate surface area is 95.8 Å². The summed E-state index contributed by atoms with van der Waals surface area (Å²) in [7, 11) is 0. The van der Waals surface area contributed by atoms with Crippen molar-refractivity contribution in [2.24, 2.45) is 0 Å². The quantitative estimate of drug-likeness (QED) is 0.731. The molecule has 0 amide bonds. The number of H-pyrrole nitrogens is 1. The van der Waals surface area contributed by atoms with Crippen LogP contribution in [0, 0.1) is 6.92 Å². The summed E-state index contributed by atoms with van der Waals surface area (Å²) in [5.74, 6) is 0.494. The van der Waals surface area contributed by atoms with Crippen LogP contribution in [-0.2, 0) is 0 Å². The van der Waals surface area contributed by atoms with E-state index >= 15 is 0 Å². The van der Waals surface area contributed by atoms with Crippen LogP contribution in [0.15, 0.2) is 36.5 Å². The molecule has 0 bridgehead atoms. The Balaban J connectivity index is 2.12. The second kappa shape index (κ2) is 3.38. The first-order chi connectivity index (χ1) is 7.77. The first kappa shape index (κ1) is 9.46. The van der Waals surface area contributed by atoms with Gasteiger partial charge in [0.05, 0.1) is 0 Å². The van der Waals surface area contributed by atoms with Gasteiger partial charge in [-0.15, -0.1) is 0 Å². The topological polar surface area (TPSA) is 15.8 Å². The summed E-state index contributed by atoms with van der Waals surface area (Å²) in [5, 5.41) is 0. The van der Waals surface area contributed by atoms with Gasteiger partial charge in [0, 0.05) is 17.8 Å². The number of nitrogens with one attached hydrogen (secondary N) is 1.